The summed E-state index contributed by atoms with van der Waals surface area (Å²) >= 11 is 1.70. The van der Waals surface area contributed by atoms with Crippen molar-refractivity contribution >= 4 is 33.1 Å². The SMILES string of the molecule is CN(C)Cc1nc(N2CCN(c3ccc(O)cc3)CC2)c2c(-c3ccccc3)csc2n1. The third kappa shape index (κ3) is 4.13. The maximum absolute atomic E-state index is 9.59. The smallest absolute Gasteiger partial charge is 0.146 e. The first-order chi connectivity index (χ1) is 15.6. The van der Waals surface area contributed by atoms with Gasteiger partial charge >= 0.3 is 0 Å². The molecule has 1 fully saturated rings. The second kappa shape index (κ2) is 8.76. The van der Waals surface area contributed by atoms with Crippen LogP contribution in [0.1, 0.15) is 5.82 Å². The molecule has 0 aliphatic carbocycles. The third-order valence-electron chi connectivity index (χ3n) is 5.80. The molecule has 0 saturated carbocycles. The average molecular weight is 446 g/mol. The molecule has 1 saturated heterocycles. The highest BCUT2D eigenvalue weighted by Gasteiger charge is 2.24. The Morgan fingerprint density at radius 1 is 0.906 bits per heavy atom. The van der Waals surface area contributed by atoms with Gasteiger partial charge in [-0.2, -0.15) is 0 Å². The molecule has 7 heteroatoms. The Hall–Kier alpha value is -3.16. The number of piperazine rings is 1. The summed E-state index contributed by atoms with van der Waals surface area (Å²) in [4.78, 5) is 17.9. The maximum atomic E-state index is 9.59. The van der Waals surface area contributed by atoms with Gasteiger partial charge in [-0.15, -0.1) is 11.3 Å². The standard InChI is InChI=1S/C25H27N5OS/c1-28(2)16-22-26-24(23-21(17-32-25(23)27-22)18-6-4-3-5-7-18)30-14-12-29(13-15-30)19-8-10-20(31)11-9-19/h3-11,17,31H,12-16H2,1-2H3. The van der Waals surface area contributed by atoms with Crippen LogP contribution in [0.3, 0.4) is 0 Å². The van der Waals surface area contributed by atoms with E-state index in [-0.39, 0.29) is 0 Å². The molecule has 0 spiro atoms. The van der Waals surface area contributed by atoms with Gasteiger partial charge in [-0.25, -0.2) is 9.97 Å². The third-order valence-corrected chi connectivity index (χ3v) is 6.67. The highest BCUT2D eigenvalue weighted by Crippen LogP contribution is 2.38. The Balaban J connectivity index is 1.50. The van der Waals surface area contributed by atoms with Crippen molar-refractivity contribution in [3.05, 3.63) is 65.8 Å². The Labute approximate surface area is 192 Å². The Kier molecular flexibility index (Phi) is 5.68. The normalized spacial score (nSPS) is 14.5. The van der Waals surface area contributed by atoms with E-state index in [1.165, 1.54) is 11.1 Å². The second-order valence-corrected chi connectivity index (χ2v) is 9.25. The molecule has 1 N–H and O–H groups in total. The number of hydrogen-bond acceptors (Lipinski definition) is 7. The number of aromatic nitrogens is 2. The molecular weight excluding hydrogens is 418 g/mol. The van der Waals surface area contributed by atoms with Gasteiger partial charge in [0.15, 0.2) is 0 Å². The van der Waals surface area contributed by atoms with Crippen LogP contribution in [0.5, 0.6) is 5.75 Å². The van der Waals surface area contributed by atoms with E-state index in [2.05, 4.69) is 44.3 Å². The van der Waals surface area contributed by atoms with Crippen LogP contribution in [0.4, 0.5) is 11.5 Å². The van der Waals surface area contributed by atoms with Crippen LogP contribution in [0.15, 0.2) is 60.0 Å². The highest BCUT2D eigenvalue weighted by atomic mass is 32.1. The summed E-state index contributed by atoms with van der Waals surface area (Å²) in [6.07, 6.45) is 0. The molecule has 0 amide bonds. The summed E-state index contributed by atoms with van der Waals surface area (Å²) in [7, 11) is 4.10. The van der Waals surface area contributed by atoms with Crippen LogP contribution in [0, 0.1) is 0 Å². The van der Waals surface area contributed by atoms with Gasteiger partial charge in [-0.1, -0.05) is 30.3 Å². The number of phenolic OH excluding ortho intramolecular Hbond substituents is 1. The number of rotatable bonds is 5. The van der Waals surface area contributed by atoms with Gasteiger partial charge in [0.1, 0.15) is 22.2 Å². The molecule has 2 aromatic heterocycles. The second-order valence-electron chi connectivity index (χ2n) is 8.39. The molecule has 164 valence electrons. The number of benzene rings is 2. The van der Waals surface area contributed by atoms with Crippen molar-refractivity contribution in [3.8, 4) is 16.9 Å². The molecule has 6 nitrogen and oxygen atoms in total. The van der Waals surface area contributed by atoms with E-state index in [9.17, 15) is 5.11 Å². The maximum Gasteiger partial charge on any atom is 0.146 e. The molecule has 0 radical (unpaired) electrons. The van der Waals surface area contributed by atoms with Crippen molar-refractivity contribution < 1.29 is 5.11 Å². The molecule has 1 aliphatic rings. The molecule has 32 heavy (non-hydrogen) atoms. The van der Waals surface area contributed by atoms with Crippen molar-refractivity contribution in [1.82, 2.24) is 14.9 Å². The van der Waals surface area contributed by atoms with E-state index in [0.717, 1.165) is 60.3 Å². The summed E-state index contributed by atoms with van der Waals surface area (Å²) < 4.78 is 0. The number of fused-ring (bicyclic) bond motifs is 1. The van der Waals surface area contributed by atoms with Gasteiger partial charge in [0.2, 0.25) is 0 Å². The Morgan fingerprint density at radius 3 is 2.28 bits per heavy atom. The fourth-order valence-corrected chi connectivity index (χ4v) is 5.18. The molecule has 2 aromatic carbocycles. The van der Waals surface area contributed by atoms with E-state index in [4.69, 9.17) is 9.97 Å². The molecule has 4 aromatic rings. The van der Waals surface area contributed by atoms with Crippen LogP contribution in [-0.2, 0) is 6.54 Å². The van der Waals surface area contributed by atoms with E-state index in [0.29, 0.717) is 5.75 Å². The van der Waals surface area contributed by atoms with Crippen molar-refractivity contribution in [1.29, 1.82) is 0 Å². The number of nitrogens with zero attached hydrogens (tertiary/aromatic N) is 5. The Morgan fingerprint density at radius 2 is 1.59 bits per heavy atom. The monoisotopic (exact) mass is 445 g/mol. The summed E-state index contributed by atoms with van der Waals surface area (Å²) in [5.74, 6) is 2.20. The fourth-order valence-electron chi connectivity index (χ4n) is 4.22. The molecule has 1 aliphatic heterocycles. The molecular formula is C25H27N5OS. The molecule has 5 rings (SSSR count). The van der Waals surface area contributed by atoms with Gasteiger partial charge in [-0.05, 0) is 43.9 Å². The van der Waals surface area contributed by atoms with Crippen LogP contribution < -0.4 is 9.80 Å². The summed E-state index contributed by atoms with van der Waals surface area (Å²) in [5.41, 5.74) is 3.55. The minimum atomic E-state index is 0.301. The van der Waals surface area contributed by atoms with Gasteiger partial charge in [-0.3, -0.25) is 0 Å². The van der Waals surface area contributed by atoms with E-state index in [1.807, 2.05) is 32.3 Å². The Bertz CT molecular complexity index is 1200. The van der Waals surface area contributed by atoms with Gasteiger partial charge in [0.25, 0.3) is 0 Å². The van der Waals surface area contributed by atoms with Crippen molar-refractivity contribution in [2.45, 2.75) is 6.54 Å². The minimum Gasteiger partial charge on any atom is -0.508 e. The lowest BCUT2D eigenvalue weighted by molar-refractivity contribution is 0.391. The van der Waals surface area contributed by atoms with Crippen LogP contribution in [0.2, 0.25) is 0 Å². The van der Waals surface area contributed by atoms with E-state index >= 15 is 0 Å². The van der Waals surface area contributed by atoms with Gasteiger partial charge < -0.3 is 19.8 Å². The number of thiophene rings is 1. The van der Waals surface area contributed by atoms with Crippen LogP contribution in [-0.4, -0.2) is 60.2 Å². The highest BCUT2D eigenvalue weighted by molar-refractivity contribution is 7.17. The predicted molar refractivity (Wildman–Crippen MR) is 133 cm³/mol. The average Bonchev–Trinajstić information content (AvgIpc) is 3.23. The van der Waals surface area contributed by atoms with Crippen molar-refractivity contribution in [2.24, 2.45) is 0 Å². The first-order valence-corrected chi connectivity index (χ1v) is 11.7. The summed E-state index contributed by atoms with van der Waals surface area (Å²) in [6.45, 7) is 4.31. The minimum absolute atomic E-state index is 0.301. The zero-order valence-corrected chi connectivity index (χ0v) is 19.2. The fraction of sp³-hybridized carbons (Fsp3) is 0.280. The lowest BCUT2D eigenvalue weighted by atomic mass is 10.1. The van der Waals surface area contributed by atoms with E-state index in [1.54, 1.807) is 23.5 Å². The topological polar surface area (TPSA) is 55.7 Å². The van der Waals surface area contributed by atoms with Gasteiger partial charge in [0.05, 0.1) is 11.9 Å². The molecule has 0 unspecified atom stereocenters. The van der Waals surface area contributed by atoms with E-state index < -0.39 is 0 Å². The molecule has 0 atom stereocenters. The first-order valence-electron chi connectivity index (χ1n) is 10.9. The number of anilines is 2. The quantitative estimate of drug-likeness (QED) is 0.490. The van der Waals surface area contributed by atoms with Crippen molar-refractivity contribution in [3.63, 3.8) is 0 Å². The predicted octanol–water partition coefficient (Wildman–Crippen LogP) is 4.45. The number of hydrogen-bond donors (Lipinski definition) is 1. The van der Waals surface area contributed by atoms with Crippen LogP contribution >= 0.6 is 11.3 Å². The first kappa shape index (κ1) is 20.7. The number of aromatic hydroxyl groups is 1. The summed E-state index contributed by atoms with van der Waals surface area (Å²) in [5, 5.41) is 13.0. The lowest BCUT2D eigenvalue weighted by Crippen LogP contribution is -2.47. The largest absolute Gasteiger partial charge is 0.508 e. The van der Waals surface area contributed by atoms with Gasteiger partial charge in [0, 0.05) is 42.8 Å². The zero-order chi connectivity index (χ0) is 22.1. The molecule has 0 bridgehead atoms. The van der Waals surface area contributed by atoms with Crippen molar-refractivity contribution in [2.75, 3.05) is 50.1 Å². The zero-order valence-electron chi connectivity index (χ0n) is 18.4. The number of phenols is 1. The molecule has 3 heterocycles. The summed E-state index contributed by atoms with van der Waals surface area (Å²) in [6, 6.07) is 18.0. The van der Waals surface area contributed by atoms with Crippen LogP contribution in [0.25, 0.3) is 21.3 Å². The lowest BCUT2D eigenvalue weighted by Gasteiger charge is -2.37.